The maximum absolute atomic E-state index is 4.51. The smallest absolute Gasteiger partial charge is 0.194 e. The van der Waals surface area contributed by atoms with Gasteiger partial charge in [0.2, 0.25) is 0 Å². The summed E-state index contributed by atoms with van der Waals surface area (Å²) in [6, 6.07) is 14.5. The van der Waals surface area contributed by atoms with Crippen molar-refractivity contribution in [2.75, 3.05) is 14.1 Å². The third-order valence-electron chi connectivity index (χ3n) is 4.18. The third-order valence-corrected chi connectivity index (χ3v) is 4.18. The predicted molar refractivity (Wildman–Crippen MR) is 114 cm³/mol. The van der Waals surface area contributed by atoms with Crippen molar-refractivity contribution in [2.45, 2.75) is 13.1 Å². The summed E-state index contributed by atoms with van der Waals surface area (Å²) in [6.07, 6.45) is 3.89. The zero-order valence-corrected chi connectivity index (χ0v) is 17.1. The Bertz CT molecular complexity index is 850. The Morgan fingerprint density at radius 2 is 2.00 bits per heavy atom. The van der Waals surface area contributed by atoms with E-state index in [2.05, 4.69) is 74.4 Å². The lowest BCUT2D eigenvalue weighted by Gasteiger charge is -2.22. The Morgan fingerprint density at radius 3 is 2.72 bits per heavy atom. The number of aromatic nitrogens is 2. The molecule has 0 saturated carbocycles. The van der Waals surface area contributed by atoms with Crippen molar-refractivity contribution < 1.29 is 0 Å². The molecule has 0 radical (unpaired) electrons. The van der Waals surface area contributed by atoms with Gasteiger partial charge in [0.15, 0.2) is 5.96 Å². The number of hydrogen-bond acceptors (Lipinski definition) is 2. The second kappa shape index (κ2) is 8.84. The topological polar surface area (TPSA) is 45.5 Å². The van der Waals surface area contributed by atoms with Gasteiger partial charge in [-0.1, -0.05) is 24.3 Å². The standard InChI is InChI=1S/C19H23N5.HI/c1-20-19(24(3)14-17-10-6-12-23(17)2)22-13-16-8-4-7-15-9-5-11-21-18(15)16;/h4-12H,13-14H2,1-3H3,(H,20,22);1H. The minimum atomic E-state index is 0. The molecule has 25 heavy (non-hydrogen) atoms. The number of pyridine rings is 1. The summed E-state index contributed by atoms with van der Waals surface area (Å²) < 4.78 is 2.12. The predicted octanol–water partition coefficient (Wildman–Crippen LogP) is 3.40. The van der Waals surface area contributed by atoms with Gasteiger partial charge in [0.05, 0.1) is 12.1 Å². The number of halogens is 1. The lowest BCUT2D eigenvalue weighted by atomic mass is 10.1. The zero-order valence-electron chi connectivity index (χ0n) is 14.8. The first-order valence-electron chi connectivity index (χ1n) is 8.03. The second-order valence-corrected chi connectivity index (χ2v) is 5.86. The summed E-state index contributed by atoms with van der Waals surface area (Å²) in [5, 5.41) is 4.59. The SMILES string of the molecule is CN=C(NCc1cccc2cccnc12)N(C)Cc1cccn1C.I. The first-order valence-corrected chi connectivity index (χ1v) is 8.03. The summed E-state index contributed by atoms with van der Waals surface area (Å²) in [6.45, 7) is 1.50. The number of aliphatic imine (C=N–C) groups is 1. The number of nitrogens with zero attached hydrogens (tertiary/aromatic N) is 4. The van der Waals surface area contributed by atoms with Crippen LogP contribution in [0, 0.1) is 0 Å². The van der Waals surface area contributed by atoms with Crippen LogP contribution in [0.25, 0.3) is 10.9 Å². The molecule has 0 aliphatic heterocycles. The normalized spacial score (nSPS) is 11.2. The van der Waals surface area contributed by atoms with Gasteiger partial charge in [-0.25, -0.2) is 0 Å². The van der Waals surface area contributed by atoms with Crippen LogP contribution >= 0.6 is 24.0 Å². The summed E-state index contributed by atoms with van der Waals surface area (Å²) in [5.74, 6) is 0.865. The van der Waals surface area contributed by atoms with Gasteiger partial charge < -0.3 is 14.8 Å². The van der Waals surface area contributed by atoms with Gasteiger partial charge in [0.25, 0.3) is 0 Å². The first kappa shape index (κ1) is 19.2. The van der Waals surface area contributed by atoms with E-state index in [1.54, 1.807) is 0 Å². The lowest BCUT2D eigenvalue weighted by Crippen LogP contribution is -2.38. The largest absolute Gasteiger partial charge is 0.353 e. The maximum Gasteiger partial charge on any atom is 0.194 e. The molecule has 1 aromatic carbocycles. The number of guanidine groups is 1. The van der Waals surface area contributed by atoms with Gasteiger partial charge >= 0.3 is 0 Å². The van der Waals surface area contributed by atoms with E-state index in [1.165, 1.54) is 11.3 Å². The molecule has 0 amide bonds. The molecule has 0 atom stereocenters. The number of aryl methyl sites for hydroxylation is 1. The second-order valence-electron chi connectivity index (χ2n) is 5.86. The minimum absolute atomic E-state index is 0. The molecule has 0 aliphatic carbocycles. The highest BCUT2D eigenvalue weighted by atomic mass is 127. The van der Waals surface area contributed by atoms with Crippen LogP contribution in [0.3, 0.4) is 0 Å². The molecule has 0 saturated heterocycles. The highest BCUT2D eigenvalue weighted by molar-refractivity contribution is 14.0. The van der Waals surface area contributed by atoms with Crippen molar-refractivity contribution in [2.24, 2.45) is 12.0 Å². The van der Waals surface area contributed by atoms with E-state index in [9.17, 15) is 0 Å². The summed E-state index contributed by atoms with van der Waals surface area (Å²) in [4.78, 5) is 11.0. The molecule has 3 rings (SSSR count). The van der Waals surface area contributed by atoms with E-state index in [0.29, 0.717) is 6.54 Å². The Labute approximate surface area is 165 Å². The van der Waals surface area contributed by atoms with Crippen molar-refractivity contribution in [3.63, 3.8) is 0 Å². The molecular formula is C19H24IN5. The number of hydrogen-bond donors (Lipinski definition) is 1. The molecule has 0 spiro atoms. The summed E-state index contributed by atoms with van der Waals surface area (Å²) in [5.41, 5.74) is 3.45. The first-order chi connectivity index (χ1) is 11.7. The van der Waals surface area contributed by atoms with Crippen molar-refractivity contribution in [3.8, 4) is 0 Å². The quantitative estimate of drug-likeness (QED) is 0.378. The number of rotatable bonds is 4. The van der Waals surface area contributed by atoms with E-state index < -0.39 is 0 Å². The molecule has 1 N–H and O–H groups in total. The minimum Gasteiger partial charge on any atom is -0.353 e. The number of para-hydroxylation sites is 1. The van der Waals surface area contributed by atoms with Crippen LogP contribution in [-0.4, -0.2) is 34.5 Å². The van der Waals surface area contributed by atoms with Crippen LogP contribution < -0.4 is 5.32 Å². The molecule has 0 fully saturated rings. The van der Waals surface area contributed by atoms with Gasteiger partial charge in [0.1, 0.15) is 0 Å². The average molecular weight is 449 g/mol. The maximum atomic E-state index is 4.51. The Hall–Kier alpha value is -2.09. The molecule has 0 unspecified atom stereocenters. The van der Waals surface area contributed by atoms with E-state index in [4.69, 9.17) is 0 Å². The van der Waals surface area contributed by atoms with E-state index in [0.717, 1.165) is 23.4 Å². The molecule has 3 aromatic rings. The van der Waals surface area contributed by atoms with E-state index in [1.807, 2.05) is 26.4 Å². The molecule has 6 heteroatoms. The summed E-state index contributed by atoms with van der Waals surface area (Å²) in [7, 11) is 5.91. The molecule has 2 aromatic heterocycles. The fourth-order valence-corrected chi connectivity index (χ4v) is 2.85. The van der Waals surface area contributed by atoms with Crippen LogP contribution in [0.2, 0.25) is 0 Å². The van der Waals surface area contributed by atoms with Crippen LogP contribution in [-0.2, 0) is 20.1 Å². The fraction of sp³-hybridized carbons (Fsp3) is 0.263. The van der Waals surface area contributed by atoms with Crippen LogP contribution in [0.15, 0.2) is 59.9 Å². The van der Waals surface area contributed by atoms with Gasteiger partial charge in [-0.2, -0.15) is 0 Å². The van der Waals surface area contributed by atoms with Gasteiger partial charge in [-0.3, -0.25) is 9.98 Å². The fourth-order valence-electron chi connectivity index (χ4n) is 2.85. The van der Waals surface area contributed by atoms with Gasteiger partial charge in [0, 0.05) is 51.2 Å². The Balaban J connectivity index is 0.00000225. The monoisotopic (exact) mass is 449 g/mol. The number of nitrogens with one attached hydrogen (secondary N) is 1. The van der Waals surface area contributed by atoms with E-state index >= 15 is 0 Å². The van der Waals surface area contributed by atoms with Crippen LogP contribution in [0.1, 0.15) is 11.3 Å². The molecule has 5 nitrogen and oxygen atoms in total. The summed E-state index contributed by atoms with van der Waals surface area (Å²) >= 11 is 0. The van der Waals surface area contributed by atoms with Crippen molar-refractivity contribution in [1.29, 1.82) is 0 Å². The van der Waals surface area contributed by atoms with Crippen LogP contribution in [0.4, 0.5) is 0 Å². The molecule has 0 aliphatic rings. The number of fused-ring (bicyclic) bond motifs is 1. The average Bonchev–Trinajstić information content (AvgIpc) is 3.00. The number of benzene rings is 1. The van der Waals surface area contributed by atoms with Gasteiger partial charge in [-0.15, -0.1) is 24.0 Å². The van der Waals surface area contributed by atoms with Crippen molar-refractivity contribution >= 4 is 40.8 Å². The molecular weight excluding hydrogens is 425 g/mol. The highest BCUT2D eigenvalue weighted by Crippen LogP contribution is 2.15. The highest BCUT2D eigenvalue weighted by Gasteiger charge is 2.09. The lowest BCUT2D eigenvalue weighted by molar-refractivity contribution is 0.462. The van der Waals surface area contributed by atoms with Gasteiger partial charge in [-0.05, 0) is 23.8 Å². The zero-order chi connectivity index (χ0) is 16.9. The van der Waals surface area contributed by atoms with E-state index in [-0.39, 0.29) is 24.0 Å². The van der Waals surface area contributed by atoms with Crippen molar-refractivity contribution in [1.82, 2.24) is 19.8 Å². The Morgan fingerprint density at radius 1 is 1.20 bits per heavy atom. The van der Waals surface area contributed by atoms with Crippen molar-refractivity contribution in [3.05, 3.63) is 66.1 Å². The molecule has 132 valence electrons. The van der Waals surface area contributed by atoms with Crippen LogP contribution in [0.5, 0.6) is 0 Å². The Kier molecular flexibility index (Phi) is 6.81. The third kappa shape index (κ3) is 4.50. The molecule has 0 bridgehead atoms. The molecule has 2 heterocycles.